The zero-order chi connectivity index (χ0) is 8.55. The summed E-state index contributed by atoms with van der Waals surface area (Å²) in [4.78, 5) is 10.6. The zero-order valence-corrected chi connectivity index (χ0v) is 7.13. The third-order valence-corrected chi connectivity index (χ3v) is 2.53. The normalized spacial score (nSPS) is 21.9. The summed E-state index contributed by atoms with van der Waals surface area (Å²) in [6, 6.07) is 0. The van der Waals surface area contributed by atoms with E-state index < -0.39 is 0 Å². The Morgan fingerprint density at radius 1 is 1.67 bits per heavy atom. The Hall–Kier alpha value is -1.12. The van der Waals surface area contributed by atoms with Gasteiger partial charge in [0.2, 0.25) is 0 Å². The van der Waals surface area contributed by atoms with Crippen molar-refractivity contribution in [3.8, 4) is 0 Å². The van der Waals surface area contributed by atoms with Gasteiger partial charge in [0.15, 0.2) is 6.29 Å². The molecule has 1 unspecified atom stereocenters. The molecule has 1 atom stereocenters. The molecule has 0 aliphatic heterocycles. The second-order valence-corrected chi connectivity index (χ2v) is 3.53. The Labute approximate surface area is 71.2 Å². The van der Waals surface area contributed by atoms with Crippen molar-refractivity contribution in [3.63, 3.8) is 0 Å². The second-order valence-electron chi connectivity index (χ2n) is 3.53. The molecule has 0 fully saturated rings. The van der Waals surface area contributed by atoms with Crippen LogP contribution in [-0.2, 0) is 12.8 Å². The van der Waals surface area contributed by atoms with Crippen molar-refractivity contribution in [1.29, 1.82) is 0 Å². The van der Waals surface area contributed by atoms with E-state index in [1.165, 1.54) is 6.42 Å². The highest BCUT2D eigenvalue weighted by molar-refractivity contribution is 5.74. The molecular formula is C9H12N2O. The Kier molecular flexibility index (Phi) is 1.71. The number of hydrogen-bond donors (Lipinski definition) is 1. The first kappa shape index (κ1) is 7.53. The van der Waals surface area contributed by atoms with Crippen molar-refractivity contribution in [1.82, 2.24) is 10.2 Å². The zero-order valence-electron chi connectivity index (χ0n) is 7.13. The summed E-state index contributed by atoms with van der Waals surface area (Å²) in [6.45, 7) is 2.21. The maximum absolute atomic E-state index is 10.6. The standard InChI is InChI=1S/C9H12N2O/c1-6-2-3-8-7(4-6)9(5-12)11-10-8/h5-6H,2-4H2,1H3,(H,10,11). The van der Waals surface area contributed by atoms with E-state index in [9.17, 15) is 4.79 Å². The number of nitrogens with zero attached hydrogens (tertiary/aromatic N) is 1. The minimum absolute atomic E-state index is 0.677. The predicted molar refractivity (Wildman–Crippen MR) is 45.2 cm³/mol. The molecular weight excluding hydrogens is 152 g/mol. The number of hydrogen-bond acceptors (Lipinski definition) is 2. The first-order chi connectivity index (χ1) is 5.81. The fourth-order valence-electron chi connectivity index (χ4n) is 1.78. The molecule has 1 aromatic rings. The van der Waals surface area contributed by atoms with Crippen molar-refractivity contribution in [2.75, 3.05) is 0 Å². The van der Waals surface area contributed by atoms with Gasteiger partial charge in [0, 0.05) is 5.56 Å². The number of aromatic amines is 1. The van der Waals surface area contributed by atoms with Crippen LogP contribution in [0.1, 0.15) is 35.1 Å². The molecule has 12 heavy (non-hydrogen) atoms. The molecule has 0 aromatic carbocycles. The Morgan fingerprint density at radius 2 is 2.50 bits per heavy atom. The van der Waals surface area contributed by atoms with Gasteiger partial charge in [-0.3, -0.25) is 9.89 Å². The molecule has 0 radical (unpaired) electrons. The number of aromatic nitrogens is 2. The molecule has 0 saturated carbocycles. The SMILES string of the molecule is CC1CCc2n[nH]c(C=O)c2C1. The first-order valence-corrected chi connectivity index (χ1v) is 4.32. The highest BCUT2D eigenvalue weighted by Gasteiger charge is 2.20. The minimum atomic E-state index is 0.677. The van der Waals surface area contributed by atoms with Gasteiger partial charge in [0.1, 0.15) is 5.69 Å². The Balaban J connectivity index is 2.40. The molecule has 1 N–H and O–H groups in total. The monoisotopic (exact) mass is 164 g/mol. The van der Waals surface area contributed by atoms with Crippen molar-refractivity contribution in [3.05, 3.63) is 17.0 Å². The van der Waals surface area contributed by atoms with Gasteiger partial charge in [-0.05, 0) is 25.2 Å². The third kappa shape index (κ3) is 1.05. The molecule has 1 aromatic heterocycles. The quantitative estimate of drug-likeness (QED) is 0.637. The second kappa shape index (κ2) is 2.73. The Morgan fingerprint density at radius 3 is 3.25 bits per heavy atom. The van der Waals surface area contributed by atoms with E-state index in [0.717, 1.165) is 30.4 Å². The van der Waals surface area contributed by atoms with E-state index >= 15 is 0 Å². The van der Waals surface area contributed by atoms with Gasteiger partial charge >= 0.3 is 0 Å². The minimum Gasteiger partial charge on any atom is -0.296 e. The Bertz CT molecular complexity index is 303. The number of nitrogens with one attached hydrogen (secondary N) is 1. The fraction of sp³-hybridized carbons (Fsp3) is 0.556. The summed E-state index contributed by atoms with van der Waals surface area (Å²) in [5.41, 5.74) is 2.91. The summed E-state index contributed by atoms with van der Waals surface area (Å²) in [5, 5.41) is 6.87. The molecule has 1 heterocycles. The van der Waals surface area contributed by atoms with Crippen LogP contribution in [0.5, 0.6) is 0 Å². The van der Waals surface area contributed by atoms with Crippen LogP contribution >= 0.6 is 0 Å². The van der Waals surface area contributed by atoms with E-state index in [1.807, 2.05) is 0 Å². The molecule has 0 spiro atoms. The number of aryl methyl sites for hydroxylation is 1. The van der Waals surface area contributed by atoms with Gasteiger partial charge in [-0.2, -0.15) is 5.10 Å². The van der Waals surface area contributed by atoms with Crippen molar-refractivity contribution < 1.29 is 4.79 Å². The van der Waals surface area contributed by atoms with Crippen molar-refractivity contribution in [2.24, 2.45) is 5.92 Å². The predicted octanol–water partition coefficient (Wildman–Crippen LogP) is 1.35. The molecule has 3 heteroatoms. The van der Waals surface area contributed by atoms with Crippen LogP contribution in [-0.4, -0.2) is 16.5 Å². The van der Waals surface area contributed by atoms with E-state index in [0.29, 0.717) is 11.6 Å². The van der Waals surface area contributed by atoms with E-state index in [-0.39, 0.29) is 0 Å². The maximum atomic E-state index is 10.6. The molecule has 0 bridgehead atoms. The summed E-state index contributed by atoms with van der Waals surface area (Å²) in [6.07, 6.45) is 4.07. The third-order valence-electron chi connectivity index (χ3n) is 2.53. The number of H-pyrrole nitrogens is 1. The number of fused-ring (bicyclic) bond motifs is 1. The van der Waals surface area contributed by atoms with Crippen LogP contribution in [0.4, 0.5) is 0 Å². The lowest BCUT2D eigenvalue weighted by molar-refractivity contribution is 0.111. The van der Waals surface area contributed by atoms with Crippen LogP contribution in [0, 0.1) is 5.92 Å². The van der Waals surface area contributed by atoms with E-state index in [4.69, 9.17) is 0 Å². The molecule has 3 nitrogen and oxygen atoms in total. The molecule has 1 aliphatic rings. The van der Waals surface area contributed by atoms with Gasteiger partial charge in [-0.15, -0.1) is 0 Å². The van der Waals surface area contributed by atoms with Gasteiger partial charge < -0.3 is 0 Å². The van der Waals surface area contributed by atoms with E-state index in [1.54, 1.807) is 0 Å². The van der Waals surface area contributed by atoms with Crippen molar-refractivity contribution in [2.45, 2.75) is 26.2 Å². The number of carbonyl (C=O) groups is 1. The maximum Gasteiger partial charge on any atom is 0.168 e. The van der Waals surface area contributed by atoms with Crippen LogP contribution in [0.25, 0.3) is 0 Å². The molecule has 2 rings (SSSR count). The lowest BCUT2D eigenvalue weighted by atomic mass is 9.88. The smallest absolute Gasteiger partial charge is 0.168 e. The van der Waals surface area contributed by atoms with Gasteiger partial charge in [-0.1, -0.05) is 6.92 Å². The number of aldehydes is 1. The molecule has 1 aliphatic carbocycles. The largest absolute Gasteiger partial charge is 0.296 e. The molecule has 0 saturated heterocycles. The van der Waals surface area contributed by atoms with Gasteiger partial charge in [0.25, 0.3) is 0 Å². The topological polar surface area (TPSA) is 45.8 Å². The highest BCUT2D eigenvalue weighted by Crippen LogP contribution is 2.25. The summed E-state index contributed by atoms with van der Waals surface area (Å²) in [5.74, 6) is 0.689. The van der Waals surface area contributed by atoms with E-state index in [2.05, 4.69) is 17.1 Å². The van der Waals surface area contributed by atoms with Gasteiger partial charge in [0.05, 0.1) is 5.69 Å². The van der Waals surface area contributed by atoms with Gasteiger partial charge in [-0.25, -0.2) is 0 Å². The van der Waals surface area contributed by atoms with Crippen LogP contribution in [0.2, 0.25) is 0 Å². The average molecular weight is 164 g/mol. The summed E-state index contributed by atoms with van der Waals surface area (Å²) in [7, 11) is 0. The summed E-state index contributed by atoms with van der Waals surface area (Å²) >= 11 is 0. The summed E-state index contributed by atoms with van der Waals surface area (Å²) < 4.78 is 0. The number of rotatable bonds is 1. The highest BCUT2D eigenvalue weighted by atomic mass is 16.1. The number of carbonyl (C=O) groups excluding carboxylic acids is 1. The fourth-order valence-corrected chi connectivity index (χ4v) is 1.78. The lowest BCUT2D eigenvalue weighted by Crippen LogP contribution is -2.11. The van der Waals surface area contributed by atoms with Crippen LogP contribution in [0.15, 0.2) is 0 Å². The first-order valence-electron chi connectivity index (χ1n) is 4.32. The van der Waals surface area contributed by atoms with Crippen LogP contribution in [0.3, 0.4) is 0 Å². The van der Waals surface area contributed by atoms with Crippen LogP contribution < -0.4 is 0 Å². The molecule has 0 amide bonds. The molecule has 64 valence electrons. The lowest BCUT2D eigenvalue weighted by Gasteiger charge is -2.16. The average Bonchev–Trinajstić information content (AvgIpc) is 2.46. The van der Waals surface area contributed by atoms with Crippen molar-refractivity contribution >= 4 is 6.29 Å².